The fourth-order valence-electron chi connectivity index (χ4n) is 0.943. The first-order valence-corrected chi connectivity index (χ1v) is 4.27. The van der Waals surface area contributed by atoms with Crippen molar-refractivity contribution in [3.05, 3.63) is 24.3 Å². The summed E-state index contributed by atoms with van der Waals surface area (Å²) in [5, 5.41) is 0. The van der Waals surface area contributed by atoms with Crippen LogP contribution in [0, 0.1) is 0 Å². The summed E-state index contributed by atoms with van der Waals surface area (Å²) < 4.78 is 0. The van der Waals surface area contributed by atoms with Crippen molar-refractivity contribution in [2.75, 3.05) is 0 Å². The average Bonchev–Trinajstić information content (AvgIpc) is 2.19. The van der Waals surface area contributed by atoms with Gasteiger partial charge in [-0.05, 0) is 6.42 Å². The van der Waals surface area contributed by atoms with Gasteiger partial charge in [-0.25, -0.2) is 9.97 Å². The van der Waals surface area contributed by atoms with E-state index in [-0.39, 0.29) is 11.8 Å². The van der Waals surface area contributed by atoms with Gasteiger partial charge < -0.3 is 5.73 Å². The van der Waals surface area contributed by atoms with Crippen LogP contribution in [0.15, 0.2) is 18.7 Å². The van der Waals surface area contributed by atoms with Crippen molar-refractivity contribution < 1.29 is 4.79 Å². The van der Waals surface area contributed by atoms with E-state index in [1.165, 1.54) is 18.7 Å². The molecule has 0 aromatic carbocycles. The monoisotopic (exact) mass is 179 g/mol. The third-order valence-corrected chi connectivity index (χ3v) is 1.85. The Kier molecular flexibility index (Phi) is 3.52. The Hall–Kier alpha value is -1.29. The van der Waals surface area contributed by atoms with E-state index < -0.39 is 0 Å². The van der Waals surface area contributed by atoms with Gasteiger partial charge in [-0.1, -0.05) is 6.92 Å². The Morgan fingerprint density at radius 2 is 2.15 bits per heavy atom. The van der Waals surface area contributed by atoms with Gasteiger partial charge in [0.2, 0.25) is 0 Å². The lowest BCUT2D eigenvalue weighted by atomic mass is 10.1. The van der Waals surface area contributed by atoms with Gasteiger partial charge in [0.05, 0.1) is 5.56 Å². The van der Waals surface area contributed by atoms with Gasteiger partial charge >= 0.3 is 0 Å². The molecule has 0 fully saturated rings. The summed E-state index contributed by atoms with van der Waals surface area (Å²) in [5.74, 6) is 0.00921. The highest BCUT2D eigenvalue weighted by Crippen LogP contribution is 2.03. The molecule has 0 bridgehead atoms. The van der Waals surface area contributed by atoms with E-state index in [9.17, 15) is 4.79 Å². The van der Waals surface area contributed by atoms with E-state index >= 15 is 0 Å². The van der Waals surface area contributed by atoms with Crippen molar-refractivity contribution in [3.63, 3.8) is 0 Å². The molecule has 0 aliphatic rings. The molecule has 1 rings (SSSR count). The van der Waals surface area contributed by atoms with Gasteiger partial charge in [0.15, 0.2) is 5.78 Å². The molecule has 1 aromatic heterocycles. The van der Waals surface area contributed by atoms with E-state index in [4.69, 9.17) is 5.73 Å². The second-order valence-corrected chi connectivity index (χ2v) is 2.92. The zero-order valence-corrected chi connectivity index (χ0v) is 7.60. The summed E-state index contributed by atoms with van der Waals surface area (Å²) in [6, 6.07) is -0.0623. The molecule has 1 unspecified atom stereocenters. The normalized spacial score (nSPS) is 12.5. The highest BCUT2D eigenvalue weighted by molar-refractivity contribution is 5.95. The summed E-state index contributed by atoms with van der Waals surface area (Å²) in [6.45, 7) is 1.96. The van der Waals surface area contributed by atoms with Crippen molar-refractivity contribution in [2.45, 2.75) is 25.8 Å². The first-order valence-electron chi connectivity index (χ1n) is 4.27. The molecule has 0 aliphatic heterocycles. The molecule has 13 heavy (non-hydrogen) atoms. The zero-order valence-electron chi connectivity index (χ0n) is 7.60. The Balaban J connectivity index is 2.59. The third-order valence-electron chi connectivity index (χ3n) is 1.85. The van der Waals surface area contributed by atoms with Gasteiger partial charge in [0.25, 0.3) is 0 Å². The van der Waals surface area contributed by atoms with Gasteiger partial charge in [0.1, 0.15) is 6.33 Å². The maximum absolute atomic E-state index is 11.5. The number of Topliss-reactive ketones (excluding diaryl/α,β-unsaturated/α-hetero) is 1. The van der Waals surface area contributed by atoms with Crippen LogP contribution < -0.4 is 5.73 Å². The molecule has 70 valence electrons. The Morgan fingerprint density at radius 1 is 1.54 bits per heavy atom. The number of nitrogens with zero attached hydrogens (tertiary/aromatic N) is 2. The van der Waals surface area contributed by atoms with Crippen LogP contribution in [0.4, 0.5) is 0 Å². The number of rotatable bonds is 4. The molecule has 0 saturated carbocycles. The quantitative estimate of drug-likeness (QED) is 0.694. The lowest BCUT2D eigenvalue weighted by molar-refractivity contribution is 0.0973. The zero-order chi connectivity index (χ0) is 9.68. The van der Waals surface area contributed by atoms with Crippen LogP contribution in [0.5, 0.6) is 0 Å². The van der Waals surface area contributed by atoms with E-state index in [0.29, 0.717) is 12.0 Å². The predicted octanol–water partition coefficient (Wildman–Crippen LogP) is 0.787. The van der Waals surface area contributed by atoms with Crippen molar-refractivity contribution in [3.8, 4) is 0 Å². The van der Waals surface area contributed by atoms with Crippen LogP contribution in [0.2, 0.25) is 0 Å². The Labute approximate surface area is 77.2 Å². The SMILES string of the molecule is CCC(N)CC(=O)c1cncnc1. The molecule has 2 N–H and O–H groups in total. The molecular weight excluding hydrogens is 166 g/mol. The summed E-state index contributed by atoms with van der Waals surface area (Å²) in [7, 11) is 0. The average molecular weight is 179 g/mol. The van der Waals surface area contributed by atoms with Crippen LogP contribution in [0.25, 0.3) is 0 Å². The van der Waals surface area contributed by atoms with E-state index in [1.54, 1.807) is 0 Å². The van der Waals surface area contributed by atoms with Crippen molar-refractivity contribution >= 4 is 5.78 Å². The Morgan fingerprint density at radius 3 is 2.69 bits per heavy atom. The number of ketones is 1. The van der Waals surface area contributed by atoms with Crippen molar-refractivity contribution in [1.29, 1.82) is 0 Å². The maximum Gasteiger partial charge on any atom is 0.167 e. The van der Waals surface area contributed by atoms with E-state index in [0.717, 1.165) is 6.42 Å². The molecule has 1 heterocycles. The number of hydrogen-bond acceptors (Lipinski definition) is 4. The summed E-state index contributed by atoms with van der Waals surface area (Å²) >= 11 is 0. The summed E-state index contributed by atoms with van der Waals surface area (Å²) in [6.07, 6.45) is 5.59. The maximum atomic E-state index is 11.5. The minimum atomic E-state index is -0.0623. The van der Waals surface area contributed by atoms with Gasteiger partial charge in [-0.15, -0.1) is 0 Å². The Bertz CT molecular complexity index is 273. The largest absolute Gasteiger partial charge is 0.327 e. The second-order valence-electron chi connectivity index (χ2n) is 2.92. The fourth-order valence-corrected chi connectivity index (χ4v) is 0.943. The van der Waals surface area contributed by atoms with Gasteiger partial charge in [0, 0.05) is 24.9 Å². The minimum Gasteiger partial charge on any atom is -0.327 e. The van der Waals surface area contributed by atoms with Crippen LogP contribution in [0.1, 0.15) is 30.1 Å². The topological polar surface area (TPSA) is 68.9 Å². The highest BCUT2D eigenvalue weighted by Gasteiger charge is 2.09. The van der Waals surface area contributed by atoms with Crippen LogP contribution in [-0.2, 0) is 0 Å². The number of nitrogens with two attached hydrogens (primary N) is 1. The molecular formula is C9H13N3O. The standard InChI is InChI=1S/C9H13N3O/c1-2-8(10)3-9(13)7-4-11-6-12-5-7/h4-6,8H,2-3,10H2,1H3. The molecule has 1 aromatic rings. The molecule has 1 atom stereocenters. The number of aromatic nitrogens is 2. The first-order chi connectivity index (χ1) is 6.24. The number of hydrogen-bond donors (Lipinski definition) is 1. The second kappa shape index (κ2) is 4.67. The van der Waals surface area contributed by atoms with E-state index in [2.05, 4.69) is 9.97 Å². The van der Waals surface area contributed by atoms with Crippen LogP contribution in [0.3, 0.4) is 0 Å². The van der Waals surface area contributed by atoms with E-state index in [1.807, 2.05) is 6.92 Å². The summed E-state index contributed by atoms with van der Waals surface area (Å²) in [5.41, 5.74) is 6.18. The molecule has 0 radical (unpaired) electrons. The summed E-state index contributed by atoms with van der Waals surface area (Å²) in [4.78, 5) is 19.0. The first kappa shape index (κ1) is 9.80. The predicted molar refractivity (Wildman–Crippen MR) is 49.2 cm³/mol. The molecule has 0 aliphatic carbocycles. The lowest BCUT2D eigenvalue weighted by Crippen LogP contribution is -2.22. The molecule has 4 nitrogen and oxygen atoms in total. The third kappa shape index (κ3) is 2.91. The van der Waals surface area contributed by atoms with Crippen molar-refractivity contribution in [1.82, 2.24) is 9.97 Å². The smallest absolute Gasteiger partial charge is 0.167 e. The molecule has 4 heteroatoms. The number of carbonyl (C=O) groups is 1. The molecule has 0 saturated heterocycles. The lowest BCUT2D eigenvalue weighted by Gasteiger charge is -2.06. The molecule has 0 spiro atoms. The van der Waals surface area contributed by atoms with Crippen LogP contribution in [-0.4, -0.2) is 21.8 Å². The van der Waals surface area contributed by atoms with Crippen LogP contribution >= 0.6 is 0 Å². The van der Waals surface area contributed by atoms with Crippen molar-refractivity contribution in [2.24, 2.45) is 5.73 Å². The van der Waals surface area contributed by atoms with Gasteiger partial charge in [-0.3, -0.25) is 4.79 Å². The molecule has 0 amide bonds. The fraction of sp³-hybridized carbons (Fsp3) is 0.444. The highest BCUT2D eigenvalue weighted by atomic mass is 16.1. The minimum absolute atomic E-state index is 0.00921. The number of carbonyl (C=O) groups excluding carboxylic acids is 1. The van der Waals surface area contributed by atoms with Gasteiger partial charge in [-0.2, -0.15) is 0 Å².